The zero-order valence-corrected chi connectivity index (χ0v) is 7.36. The third kappa shape index (κ3) is 3.34. The molecular weight excluding hydrogens is 178 g/mol. The first-order chi connectivity index (χ1) is 5.29. The van der Waals surface area contributed by atoms with Gasteiger partial charge in [-0.05, 0) is 12.1 Å². The van der Waals surface area contributed by atoms with Crippen LogP contribution >= 0.6 is 24.6 Å². The van der Waals surface area contributed by atoms with E-state index in [9.17, 15) is 4.79 Å². The highest BCUT2D eigenvalue weighted by molar-refractivity contribution is 8.32. The van der Waals surface area contributed by atoms with Crippen molar-refractivity contribution in [3.63, 3.8) is 0 Å². The Bertz CT molecular complexity index is 237. The molecule has 0 amide bonds. The van der Waals surface area contributed by atoms with E-state index in [2.05, 4.69) is 17.4 Å². The van der Waals surface area contributed by atoms with Crippen molar-refractivity contribution < 1.29 is 4.79 Å². The van der Waals surface area contributed by atoms with E-state index in [0.29, 0.717) is 0 Å². The third-order valence-corrected chi connectivity index (χ3v) is 1.82. The van der Waals surface area contributed by atoms with Gasteiger partial charge in [-0.15, -0.1) is 0 Å². The van der Waals surface area contributed by atoms with Crippen molar-refractivity contribution in [3.05, 3.63) is 30.3 Å². The van der Waals surface area contributed by atoms with Crippen molar-refractivity contribution in [2.75, 3.05) is 4.72 Å². The van der Waals surface area contributed by atoms with Gasteiger partial charge in [0.25, 0.3) is 4.45 Å². The van der Waals surface area contributed by atoms with Gasteiger partial charge in [0.2, 0.25) is 0 Å². The van der Waals surface area contributed by atoms with Crippen LogP contribution in [0, 0.1) is 0 Å². The molecule has 0 saturated heterocycles. The lowest BCUT2D eigenvalue weighted by Gasteiger charge is -1.99. The smallest absolute Gasteiger partial charge is 0.263 e. The third-order valence-electron chi connectivity index (χ3n) is 1.03. The molecule has 1 aromatic carbocycles. The number of carbonyl (C=O) groups excluding carboxylic acids is 1. The maximum Gasteiger partial charge on any atom is 0.263 e. The van der Waals surface area contributed by atoms with Gasteiger partial charge in [-0.2, -0.15) is 0 Å². The van der Waals surface area contributed by atoms with Crippen LogP contribution in [0.2, 0.25) is 0 Å². The number of thiol groups is 1. The number of nitrogens with one attached hydrogen (secondary N) is 1. The average Bonchev–Trinajstić information content (AvgIpc) is 2.03. The van der Waals surface area contributed by atoms with Gasteiger partial charge in [-0.1, -0.05) is 30.8 Å². The molecule has 0 aliphatic heterocycles. The fourth-order valence-corrected chi connectivity index (χ4v) is 1.09. The van der Waals surface area contributed by atoms with Crippen LogP contribution in [0.3, 0.4) is 0 Å². The second-order valence-electron chi connectivity index (χ2n) is 1.84. The van der Waals surface area contributed by atoms with Crippen LogP contribution in [-0.4, -0.2) is 4.45 Å². The van der Waals surface area contributed by atoms with Crippen molar-refractivity contribution in [2.45, 2.75) is 0 Å². The molecule has 2 nitrogen and oxygen atoms in total. The number of benzene rings is 1. The maximum absolute atomic E-state index is 10.4. The lowest BCUT2D eigenvalue weighted by Crippen LogP contribution is -1.87. The largest absolute Gasteiger partial charge is 0.323 e. The second-order valence-corrected chi connectivity index (χ2v) is 3.32. The van der Waals surface area contributed by atoms with E-state index in [1.165, 1.54) is 0 Å². The van der Waals surface area contributed by atoms with Gasteiger partial charge in [0, 0.05) is 17.6 Å². The standard InChI is InChI=1S/C7H7NOS2/c9-7(10)11-8-6-4-2-1-3-5-6/h1-5,8H,(H,9,10). The number of para-hydroxylation sites is 1. The molecule has 0 spiro atoms. The summed E-state index contributed by atoms with van der Waals surface area (Å²) < 4.78 is 2.59. The van der Waals surface area contributed by atoms with E-state index in [-0.39, 0.29) is 4.45 Å². The van der Waals surface area contributed by atoms with Gasteiger partial charge in [0.15, 0.2) is 0 Å². The topological polar surface area (TPSA) is 29.1 Å². The predicted molar refractivity (Wildman–Crippen MR) is 52.0 cm³/mol. The molecule has 0 aliphatic rings. The summed E-state index contributed by atoms with van der Waals surface area (Å²) in [6.07, 6.45) is 0. The van der Waals surface area contributed by atoms with E-state index in [4.69, 9.17) is 0 Å². The Morgan fingerprint density at radius 2 is 2.00 bits per heavy atom. The van der Waals surface area contributed by atoms with Crippen molar-refractivity contribution in [1.82, 2.24) is 0 Å². The summed E-state index contributed by atoms with van der Waals surface area (Å²) in [4.78, 5) is 10.4. The second kappa shape index (κ2) is 4.31. The molecule has 1 N–H and O–H groups in total. The van der Waals surface area contributed by atoms with Crippen molar-refractivity contribution in [1.29, 1.82) is 0 Å². The molecule has 11 heavy (non-hydrogen) atoms. The first-order valence-corrected chi connectivity index (χ1v) is 4.26. The van der Waals surface area contributed by atoms with Gasteiger partial charge in [-0.25, -0.2) is 0 Å². The quantitative estimate of drug-likeness (QED) is 0.548. The first-order valence-electron chi connectivity index (χ1n) is 3.00. The van der Waals surface area contributed by atoms with Crippen LogP contribution in [0.5, 0.6) is 0 Å². The number of hydrogen-bond donors (Lipinski definition) is 2. The van der Waals surface area contributed by atoms with Crippen molar-refractivity contribution >= 4 is 34.7 Å². The van der Waals surface area contributed by atoms with Gasteiger partial charge < -0.3 is 4.72 Å². The van der Waals surface area contributed by atoms with E-state index in [1.54, 1.807) is 0 Å². The molecule has 0 unspecified atom stereocenters. The number of rotatable bonds is 2. The Hall–Kier alpha value is -0.610. The van der Waals surface area contributed by atoms with E-state index < -0.39 is 0 Å². The first kappa shape index (κ1) is 8.49. The highest BCUT2D eigenvalue weighted by Gasteiger charge is 1.93. The molecule has 1 aromatic rings. The summed E-state index contributed by atoms with van der Waals surface area (Å²) >= 11 is 4.55. The summed E-state index contributed by atoms with van der Waals surface area (Å²) in [6.45, 7) is 0. The Morgan fingerprint density at radius 3 is 2.55 bits per heavy atom. The van der Waals surface area contributed by atoms with Crippen molar-refractivity contribution in [3.8, 4) is 0 Å². The number of carbonyl (C=O) groups is 1. The fraction of sp³-hybridized carbons (Fsp3) is 0. The Kier molecular flexibility index (Phi) is 3.32. The Balaban J connectivity index is 2.45. The molecule has 0 aromatic heterocycles. The van der Waals surface area contributed by atoms with Crippen LogP contribution in [0.15, 0.2) is 30.3 Å². The summed E-state index contributed by atoms with van der Waals surface area (Å²) in [6, 6.07) is 9.46. The molecule has 0 fully saturated rings. The highest BCUT2D eigenvalue weighted by atomic mass is 32.2. The zero-order chi connectivity index (χ0) is 8.10. The Labute approximate surface area is 74.9 Å². The lowest BCUT2D eigenvalue weighted by molar-refractivity contribution is 0.277. The van der Waals surface area contributed by atoms with E-state index in [1.807, 2.05) is 30.3 Å². The maximum atomic E-state index is 10.4. The molecule has 0 radical (unpaired) electrons. The minimum atomic E-state index is -0.242. The summed E-state index contributed by atoms with van der Waals surface area (Å²) in [5.74, 6) is 0. The molecule has 58 valence electrons. The van der Waals surface area contributed by atoms with Crippen LogP contribution < -0.4 is 4.72 Å². The number of hydrogen-bond acceptors (Lipinski definition) is 3. The number of anilines is 1. The highest BCUT2D eigenvalue weighted by Crippen LogP contribution is 2.13. The molecule has 0 saturated carbocycles. The summed E-state index contributed by atoms with van der Waals surface area (Å²) in [5.41, 5.74) is 0.903. The fourth-order valence-electron chi connectivity index (χ4n) is 0.609. The van der Waals surface area contributed by atoms with E-state index in [0.717, 1.165) is 17.6 Å². The van der Waals surface area contributed by atoms with Crippen LogP contribution in [0.25, 0.3) is 0 Å². The van der Waals surface area contributed by atoms with E-state index >= 15 is 0 Å². The zero-order valence-electron chi connectivity index (χ0n) is 5.65. The SMILES string of the molecule is O=C(S)SNc1ccccc1. The predicted octanol–water partition coefficient (Wildman–Crippen LogP) is 2.80. The normalized spacial score (nSPS) is 9.18. The lowest BCUT2D eigenvalue weighted by atomic mass is 10.3. The molecule has 0 aliphatic carbocycles. The van der Waals surface area contributed by atoms with Gasteiger partial charge in [0.1, 0.15) is 0 Å². The minimum absolute atomic E-state index is 0.242. The van der Waals surface area contributed by atoms with Crippen LogP contribution in [0.4, 0.5) is 10.5 Å². The van der Waals surface area contributed by atoms with Gasteiger partial charge >= 0.3 is 0 Å². The molecular formula is C7H7NOS2. The molecule has 0 bridgehead atoms. The van der Waals surface area contributed by atoms with Gasteiger partial charge in [0.05, 0.1) is 0 Å². The van der Waals surface area contributed by atoms with Crippen molar-refractivity contribution in [2.24, 2.45) is 0 Å². The minimum Gasteiger partial charge on any atom is -0.323 e. The van der Waals surface area contributed by atoms with Crippen LogP contribution in [-0.2, 0) is 0 Å². The molecule has 1 rings (SSSR count). The summed E-state index contributed by atoms with van der Waals surface area (Å²) in [5, 5.41) is 0. The van der Waals surface area contributed by atoms with Crippen LogP contribution in [0.1, 0.15) is 0 Å². The average molecular weight is 185 g/mol. The van der Waals surface area contributed by atoms with Gasteiger partial charge in [-0.3, -0.25) is 4.79 Å². The monoisotopic (exact) mass is 185 g/mol. The Morgan fingerprint density at radius 1 is 1.36 bits per heavy atom. The molecule has 4 heteroatoms. The molecule has 0 atom stereocenters. The summed E-state index contributed by atoms with van der Waals surface area (Å²) in [7, 11) is 0. The molecule has 0 heterocycles.